The molecular weight excluding hydrogens is 651 g/mol. The van der Waals surface area contributed by atoms with Crippen molar-refractivity contribution in [2.45, 2.75) is 82.3 Å². The number of ketones is 1. The SMILES string of the molecule is CCN(CC)S(=O)(=O)c1ccc(C(=O)O[C@]2(C(=O)SCC#N)[C@H](C)C[C@H]3[C@@H]4C[C@H](F)C5=CC(=O)C=C[C@]5(C)[C@@]4(F)[C@@H](O)C[C@@]32C)cc1. The highest BCUT2D eigenvalue weighted by Gasteiger charge is 2.78. The third-order valence-corrected chi connectivity index (χ3v) is 14.3. The van der Waals surface area contributed by atoms with Crippen LogP contribution in [0.4, 0.5) is 8.78 Å². The van der Waals surface area contributed by atoms with Gasteiger partial charge in [-0.3, -0.25) is 9.59 Å². The molecule has 13 heteroatoms. The van der Waals surface area contributed by atoms with Crippen molar-refractivity contribution < 1.29 is 41.4 Å². The average Bonchev–Trinajstić information content (AvgIpc) is 3.24. The van der Waals surface area contributed by atoms with Crippen LogP contribution in [0.15, 0.2) is 53.0 Å². The number of allylic oxidation sites excluding steroid dienone is 4. The number of aliphatic hydroxyl groups excluding tert-OH is 1. The second-order valence-electron chi connectivity index (χ2n) is 13.5. The number of aliphatic hydroxyl groups is 1. The zero-order valence-corrected chi connectivity index (χ0v) is 28.7. The maximum atomic E-state index is 17.7. The molecule has 3 fully saturated rings. The minimum absolute atomic E-state index is 0.0254. The molecule has 4 aliphatic carbocycles. The summed E-state index contributed by atoms with van der Waals surface area (Å²) in [4.78, 5) is 40.2. The number of hydrogen-bond acceptors (Lipinski definition) is 9. The van der Waals surface area contributed by atoms with E-state index < -0.39 is 79.0 Å². The molecule has 3 saturated carbocycles. The van der Waals surface area contributed by atoms with Crippen LogP contribution < -0.4 is 0 Å². The topological polar surface area (TPSA) is 142 Å². The molecule has 0 radical (unpaired) electrons. The largest absolute Gasteiger partial charge is 0.446 e. The number of esters is 1. The van der Waals surface area contributed by atoms with E-state index in [1.54, 1.807) is 27.7 Å². The van der Waals surface area contributed by atoms with Crippen LogP contribution in [-0.4, -0.2) is 77.1 Å². The molecule has 1 aromatic rings. The molecular formula is C34H40F2N2O7S2. The number of thioether (sulfide) groups is 1. The van der Waals surface area contributed by atoms with Crippen molar-refractivity contribution in [1.82, 2.24) is 4.31 Å². The number of ether oxygens (including phenoxy) is 1. The summed E-state index contributed by atoms with van der Waals surface area (Å²) in [5, 5.41) is 20.4. The van der Waals surface area contributed by atoms with Gasteiger partial charge in [-0.05, 0) is 74.1 Å². The predicted octanol–water partition coefficient (Wildman–Crippen LogP) is 4.96. The summed E-state index contributed by atoms with van der Waals surface area (Å²) in [5.41, 5.74) is -7.39. The van der Waals surface area contributed by atoms with E-state index in [2.05, 4.69) is 0 Å². The minimum Gasteiger partial charge on any atom is -0.446 e. The summed E-state index contributed by atoms with van der Waals surface area (Å²) < 4.78 is 67.0. The Labute approximate surface area is 278 Å². The quantitative estimate of drug-likeness (QED) is 0.375. The Morgan fingerprint density at radius 3 is 2.38 bits per heavy atom. The van der Waals surface area contributed by atoms with Crippen molar-refractivity contribution in [3.63, 3.8) is 0 Å². The number of nitriles is 1. The number of carbonyl (C=O) groups is 3. The van der Waals surface area contributed by atoms with Gasteiger partial charge in [-0.15, -0.1) is 0 Å². The van der Waals surface area contributed by atoms with E-state index in [9.17, 15) is 33.2 Å². The lowest BCUT2D eigenvalue weighted by atomic mass is 9.44. The zero-order chi connectivity index (χ0) is 34.7. The van der Waals surface area contributed by atoms with Crippen LogP contribution in [0.1, 0.15) is 64.2 Å². The first-order valence-electron chi connectivity index (χ1n) is 15.8. The molecule has 0 aromatic heterocycles. The van der Waals surface area contributed by atoms with Crippen LogP contribution in [0.2, 0.25) is 0 Å². The van der Waals surface area contributed by atoms with Crippen molar-refractivity contribution in [2.75, 3.05) is 18.8 Å². The van der Waals surface area contributed by atoms with Crippen LogP contribution in [0.5, 0.6) is 0 Å². The van der Waals surface area contributed by atoms with E-state index in [1.165, 1.54) is 47.6 Å². The first-order valence-corrected chi connectivity index (χ1v) is 18.3. The van der Waals surface area contributed by atoms with Gasteiger partial charge in [0.05, 0.1) is 28.4 Å². The van der Waals surface area contributed by atoms with E-state index in [4.69, 9.17) is 4.74 Å². The lowest BCUT2D eigenvalue weighted by Gasteiger charge is -2.63. The van der Waals surface area contributed by atoms with Crippen molar-refractivity contribution in [1.29, 1.82) is 5.26 Å². The Morgan fingerprint density at radius 1 is 1.15 bits per heavy atom. The van der Waals surface area contributed by atoms with Gasteiger partial charge < -0.3 is 9.84 Å². The third kappa shape index (κ3) is 4.96. The van der Waals surface area contributed by atoms with Crippen LogP contribution in [0.3, 0.4) is 0 Å². The maximum absolute atomic E-state index is 17.7. The van der Waals surface area contributed by atoms with Crippen molar-refractivity contribution in [3.8, 4) is 6.07 Å². The summed E-state index contributed by atoms with van der Waals surface area (Å²) in [6, 6.07) is 7.06. The fourth-order valence-electron chi connectivity index (χ4n) is 9.10. The number of carbonyl (C=O) groups excluding carboxylic acids is 3. The second-order valence-corrected chi connectivity index (χ2v) is 16.4. The van der Waals surface area contributed by atoms with E-state index in [0.717, 1.165) is 6.08 Å². The molecule has 0 aliphatic heterocycles. The fourth-order valence-corrected chi connectivity index (χ4v) is 11.4. The lowest BCUT2D eigenvalue weighted by molar-refractivity contribution is -0.221. The number of nitrogens with zero attached hydrogens (tertiary/aromatic N) is 2. The molecule has 0 heterocycles. The summed E-state index contributed by atoms with van der Waals surface area (Å²) in [6.07, 6.45) is -0.277. The highest BCUT2D eigenvalue weighted by atomic mass is 32.2. The predicted molar refractivity (Wildman–Crippen MR) is 171 cm³/mol. The molecule has 9 atom stereocenters. The maximum Gasteiger partial charge on any atom is 0.339 e. The number of fused-ring (bicyclic) bond motifs is 5. The van der Waals surface area contributed by atoms with Crippen LogP contribution in [0.25, 0.3) is 0 Å². The van der Waals surface area contributed by atoms with Gasteiger partial charge in [-0.2, -0.15) is 9.57 Å². The lowest BCUT2D eigenvalue weighted by Crippen LogP contribution is -2.70. The number of sulfonamides is 1. The Balaban J connectivity index is 1.56. The summed E-state index contributed by atoms with van der Waals surface area (Å²) in [5.74, 6) is -4.19. The molecule has 0 unspecified atom stereocenters. The third-order valence-electron chi connectivity index (χ3n) is 11.4. The van der Waals surface area contributed by atoms with Gasteiger partial charge in [0.1, 0.15) is 6.17 Å². The Kier molecular flexibility index (Phi) is 9.18. The van der Waals surface area contributed by atoms with E-state index in [-0.39, 0.29) is 54.1 Å². The van der Waals surface area contributed by atoms with Gasteiger partial charge in [0.15, 0.2) is 17.1 Å². The summed E-state index contributed by atoms with van der Waals surface area (Å²) in [6.45, 7) is 8.76. The molecule has 1 N–H and O–H groups in total. The van der Waals surface area contributed by atoms with Crippen molar-refractivity contribution in [3.05, 3.63) is 53.6 Å². The molecule has 47 heavy (non-hydrogen) atoms. The molecule has 4 aliphatic rings. The number of rotatable bonds is 8. The van der Waals surface area contributed by atoms with Crippen molar-refractivity contribution >= 4 is 38.7 Å². The van der Waals surface area contributed by atoms with E-state index >= 15 is 8.78 Å². The first kappa shape index (κ1) is 35.4. The second kappa shape index (κ2) is 12.2. The first-order chi connectivity index (χ1) is 22.0. The van der Waals surface area contributed by atoms with Crippen LogP contribution in [-0.2, 0) is 24.3 Å². The van der Waals surface area contributed by atoms with E-state index in [0.29, 0.717) is 11.8 Å². The number of alkyl halides is 2. The highest BCUT2D eigenvalue weighted by molar-refractivity contribution is 8.14. The van der Waals surface area contributed by atoms with Gasteiger partial charge in [0.25, 0.3) is 0 Å². The molecule has 9 nitrogen and oxygen atoms in total. The zero-order valence-electron chi connectivity index (χ0n) is 27.0. The van der Waals surface area contributed by atoms with Gasteiger partial charge in [0.2, 0.25) is 15.1 Å². The number of benzene rings is 1. The molecule has 0 amide bonds. The molecule has 5 rings (SSSR count). The Bertz CT molecular complexity index is 1690. The van der Waals surface area contributed by atoms with E-state index in [1.807, 2.05) is 6.07 Å². The van der Waals surface area contributed by atoms with Gasteiger partial charge in [-0.25, -0.2) is 22.0 Å². The standard InChI is InChI=1S/C34H40F2N2O7S2/c1-6-38(7-2)47(43,44)23-10-8-21(9-11-23)29(41)45-34(30(42)46-15-14-37)20(3)16-24-25-18-27(35)26-17-22(39)12-13-31(26,4)33(25,36)28(40)19-32(24,34)5/h8-13,17,20,24-25,27-28,40H,6-7,15-16,18-19H2,1-5H3/t20-,24+,25+,27+,28+,31+,32+,33+,34+/m1/s1. The normalized spacial score (nSPS) is 37.7. The Morgan fingerprint density at radius 2 is 1.79 bits per heavy atom. The fraction of sp³-hybridized carbons (Fsp3) is 0.588. The van der Waals surface area contributed by atoms with Crippen LogP contribution >= 0.6 is 11.8 Å². The summed E-state index contributed by atoms with van der Waals surface area (Å²) in [7, 11) is -3.81. The summed E-state index contributed by atoms with van der Waals surface area (Å²) >= 11 is 0.660. The smallest absolute Gasteiger partial charge is 0.339 e. The van der Waals surface area contributed by atoms with Gasteiger partial charge in [0, 0.05) is 35.8 Å². The molecule has 0 spiro atoms. The number of halogens is 2. The molecule has 1 aromatic carbocycles. The molecule has 0 saturated heterocycles. The van der Waals surface area contributed by atoms with Crippen molar-refractivity contribution in [2.24, 2.45) is 28.6 Å². The number of hydrogen-bond donors (Lipinski definition) is 1. The van der Waals surface area contributed by atoms with Gasteiger partial charge >= 0.3 is 5.97 Å². The van der Waals surface area contributed by atoms with Crippen LogP contribution in [0, 0.1) is 39.9 Å². The monoisotopic (exact) mass is 690 g/mol. The highest BCUT2D eigenvalue weighted by Crippen LogP contribution is 2.72. The minimum atomic E-state index is -3.81. The molecule has 254 valence electrons. The Hall–Kier alpha value is -2.92. The van der Waals surface area contributed by atoms with Gasteiger partial charge in [-0.1, -0.05) is 45.5 Å². The average molecular weight is 691 g/mol. The molecule has 0 bridgehead atoms.